The molecule has 0 bridgehead atoms. The van der Waals surface area contributed by atoms with Gasteiger partial charge < -0.3 is 5.73 Å². The number of benzene rings is 1. The Morgan fingerprint density at radius 2 is 2.00 bits per heavy atom. The Kier molecular flexibility index (Phi) is 2.90. The van der Waals surface area contributed by atoms with Crippen LogP contribution in [0.3, 0.4) is 0 Å². The van der Waals surface area contributed by atoms with Crippen LogP contribution in [0.25, 0.3) is 0 Å². The van der Waals surface area contributed by atoms with Crippen LogP contribution in [0.5, 0.6) is 0 Å². The zero-order valence-corrected chi connectivity index (χ0v) is 11.8. The van der Waals surface area contributed by atoms with Crippen molar-refractivity contribution in [3.63, 3.8) is 0 Å². The lowest BCUT2D eigenvalue weighted by Gasteiger charge is -2.42. The first kappa shape index (κ1) is 13.9. The molecular formula is C11H11FN2O3S2. The molecule has 0 spiro atoms. The molecule has 19 heavy (non-hydrogen) atoms. The van der Waals surface area contributed by atoms with Crippen molar-refractivity contribution in [2.24, 2.45) is 5.73 Å². The summed E-state index contributed by atoms with van der Waals surface area (Å²) in [5.41, 5.74) is 5.29. The largest absolute Gasteiger partial charge is 0.389 e. The SMILES string of the molecule is CC1(C)C(=O)N(c2ccc(C(N)=S)cc2F)S1(=O)=O. The highest BCUT2D eigenvalue weighted by atomic mass is 32.2. The molecule has 1 heterocycles. The number of anilines is 1. The Balaban J connectivity index is 2.51. The minimum atomic E-state index is -3.88. The monoisotopic (exact) mass is 302 g/mol. The van der Waals surface area contributed by atoms with Crippen LogP contribution >= 0.6 is 12.2 Å². The first-order valence-corrected chi connectivity index (χ1v) is 7.14. The fourth-order valence-electron chi connectivity index (χ4n) is 1.72. The summed E-state index contributed by atoms with van der Waals surface area (Å²) in [6.07, 6.45) is 0. The summed E-state index contributed by atoms with van der Waals surface area (Å²) in [7, 11) is -3.88. The first-order valence-electron chi connectivity index (χ1n) is 5.29. The van der Waals surface area contributed by atoms with Crippen LogP contribution in [0.2, 0.25) is 0 Å². The summed E-state index contributed by atoms with van der Waals surface area (Å²) in [5.74, 6) is -1.54. The van der Waals surface area contributed by atoms with Gasteiger partial charge in [-0.2, -0.15) is 0 Å². The van der Waals surface area contributed by atoms with Crippen molar-refractivity contribution < 1.29 is 17.6 Å². The summed E-state index contributed by atoms with van der Waals surface area (Å²) in [5, 5.41) is 0. The molecule has 1 aromatic rings. The van der Waals surface area contributed by atoms with E-state index in [1.807, 2.05) is 0 Å². The van der Waals surface area contributed by atoms with Gasteiger partial charge in [0.05, 0.1) is 5.69 Å². The Morgan fingerprint density at radius 3 is 2.42 bits per heavy atom. The summed E-state index contributed by atoms with van der Waals surface area (Å²) in [6.45, 7) is 2.56. The lowest BCUT2D eigenvalue weighted by molar-refractivity contribution is -0.120. The van der Waals surface area contributed by atoms with Crippen molar-refractivity contribution in [1.29, 1.82) is 0 Å². The molecule has 0 aromatic heterocycles. The number of amides is 1. The number of thiocarbonyl (C=S) groups is 1. The van der Waals surface area contributed by atoms with Crippen molar-refractivity contribution in [1.82, 2.24) is 0 Å². The van der Waals surface area contributed by atoms with E-state index in [1.54, 1.807) is 0 Å². The lowest BCUT2D eigenvalue weighted by atomic mass is 10.1. The van der Waals surface area contributed by atoms with Crippen LogP contribution in [-0.4, -0.2) is 24.1 Å². The number of carbonyl (C=O) groups excluding carboxylic acids is 1. The van der Waals surface area contributed by atoms with Gasteiger partial charge in [-0.1, -0.05) is 12.2 Å². The van der Waals surface area contributed by atoms with E-state index in [-0.39, 0.29) is 16.2 Å². The van der Waals surface area contributed by atoms with E-state index in [2.05, 4.69) is 12.2 Å². The highest BCUT2D eigenvalue weighted by Crippen LogP contribution is 2.40. The smallest absolute Gasteiger partial charge is 0.263 e. The summed E-state index contributed by atoms with van der Waals surface area (Å²) in [6, 6.07) is 3.55. The summed E-state index contributed by atoms with van der Waals surface area (Å²) < 4.78 is 36.7. The number of rotatable bonds is 2. The molecule has 1 aromatic carbocycles. The molecule has 2 N–H and O–H groups in total. The number of halogens is 1. The standard InChI is InChI=1S/C11H11FN2O3S2/c1-11(2)10(15)14(19(11,16)17)8-4-3-6(9(13)18)5-7(8)12/h3-5H,1-2H3,(H2,13,18). The van der Waals surface area contributed by atoms with Crippen LogP contribution in [0.4, 0.5) is 10.1 Å². The Hall–Kier alpha value is -1.54. The maximum atomic E-state index is 13.9. The van der Waals surface area contributed by atoms with E-state index in [1.165, 1.54) is 26.0 Å². The zero-order chi connectivity index (χ0) is 14.6. The van der Waals surface area contributed by atoms with E-state index in [4.69, 9.17) is 5.73 Å². The van der Waals surface area contributed by atoms with Gasteiger partial charge in [0.15, 0.2) is 4.75 Å². The molecule has 1 aliphatic heterocycles. The Labute approximate surface area is 115 Å². The number of sulfonamides is 1. The normalized spacial score (nSPS) is 19.9. The quantitative estimate of drug-likeness (QED) is 0.822. The zero-order valence-electron chi connectivity index (χ0n) is 10.2. The molecule has 0 aliphatic carbocycles. The van der Waals surface area contributed by atoms with Crippen LogP contribution in [-0.2, 0) is 14.8 Å². The van der Waals surface area contributed by atoms with Crippen molar-refractivity contribution in [2.45, 2.75) is 18.6 Å². The Morgan fingerprint density at radius 1 is 1.42 bits per heavy atom. The van der Waals surface area contributed by atoms with Gasteiger partial charge in [-0.25, -0.2) is 17.1 Å². The van der Waals surface area contributed by atoms with Gasteiger partial charge in [-0.3, -0.25) is 4.79 Å². The molecule has 1 aliphatic rings. The predicted octanol–water partition coefficient (Wildman–Crippen LogP) is 0.915. The average molecular weight is 302 g/mol. The van der Waals surface area contributed by atoms with Gasteiger partial charge in [0.1, 0.15) is 10.8 Å². The van der Waals surface area contributed by atoms with Crippen LogP contribution in [0, 0.1) is 5.82 Å². The summed E-state index contributed by atoms with van der Waals surface area (Å²) in [4.78, 5) is 11.8. The van der Waals surface area contributed by atoms with E-state index in [9.17, 15) is 17.6 Å². The first-order chi connectivity index (χ1) is 8.60. The summed E-state index contributed by atoms with van der Waals surface area (Å²) >= 11 is 4.69. The van der Waals surface area contributed by atoms with Gasteiger partial charge in [0.25, 0.3) is 15.9 Å². The third-order valence-electron chi connectivity index (χ3n) is 3.04. The van der Waals surface area contributed by atoms with Crippen LogP contribution < -0.4 is 10.0 Å². The van der Waals surface area contributed by atoms with E-state index in [0.717, 1.165) is 6.07 Å². The number of carbonyl (C=O) groups is 1. The number of hydrogen-bond donors (Lipinski definition) is 1. The van der Waals surface area contributed by atoms with Gasteiger partial charge >= 0.3 is 0 Å². The molecule has 1 saturated heterocycles. The van der Waals surface area contributed by atoms with Crippen molar-refractivity contribution in [3.05, 3.63) is 29.6 Å². The molecule has 1 amide bonds. The molecule has 8 heteroatoms. The van der Waals surface area contributed by atoms with Gasteiger partial charge in [0.2, 0.25) is 0 Å². The van der Waals surface area contributed by atoms with Crippen LogP contribution in [0.15, 0.2) is 18.2 Å². The van der Waals surface area contributed by atoms with Crippen LogP contribution in [0.1, 0.15) is 19.4 Å². The van der Waals surface area contributed by atoms with Crippen molar-refractivity contribution in [3.8, 4) is 0 Å². The molecule has 5 nitrogen and oxygen atoms in total. The molecule has 0 atom stereocenters. The van der Waals surface area contributed by atoms with Crippen molar-refractivity contribution in [2.75, 3.05) is 4.31 Å². The number of nitrogens with two attached hydrogens (primary N) is 1. The maximum absolute atomic E-state index is 13.9. The molecule has 0 radical (unpaired) electrons. The second-order valence-electron chi connectivity index (χ2n) is 4.62. The molecule has 2 rings (SSSR count). The van der Waals surface area contributed by atoms with Gasteiger partial charge in [-0.15, -0.1) is 0 Å². The molecule has 0 saturated carbocycles. The second kappa shape index (κ2) is 3.97. The van der Waals surface area contributed by atoms with Gasteiger partial charge in [-0.05, 0) is 32.0 Å². The molecular weight excluding hydrogens is 291 g/mol. The number of nitrogens with zero attached hydrogens (tertiary/aromatic N) is 1. The maximum Gasteiger partial charge on any atom is 0.263 e. The topological polar surface area (TPSA) is 80.5 Å². The van der Waals surface area contributed by atoms with E-state index in [0.29, 0.717) is 4.31 Å². The van der Waals surface area contributed by atoms with E-state index < -0.39 is 26.5 Å². The van der Waals surface area contributed by atoms with Crippen molar-refractivity contribution >= 4 is 38.8 Å². The third-order valence-corrected chi connectivity index (χ3v) is 5.58. The fraction of sp³-hybridized carbons (Fsp3) is 0.273. The van der Waals surface area contributed by atoms with E-state index >= 15 is 0 Å². The highest BCUT2D eigenvalue weighted by molar-refractivity contribution is 7.98. The lowest BCUT2D eigenvalue weighted by Crippen LogP contribution is -2.67. The Bertz CT molecular complexity index is 698. The highest BCUT2D eigenvalue weighted by Gasteiger charge is 2.61. The average Bonchev–Trinajstić information content (AvgIpc) is 2.30. The number of hydrogen-bond acceptors (Lipinski definition) is 4. The second-order valence-corrected chi connectivity index (χ2v) is 7.39. The predicted molar refractivity (Wildman–Crippen MR) is 72.8 cm³/mol. The third kappa shape index (κ3) is 1.74. The minimum absolute atomic E-state index is 0.0106. The van der Waals surface area contributed by atoms with Gasteiger partial charge in [0, 0.05) is 5.56 Å². The molecule has 1 fully saturated rings. The minimum Gasteiger partial charge on any atom is -0.389 e. The molecule has 102 valence electrons. The fourth-order valence-corrected chi connectivity index (χ4v) is 3.33. The molecule has 0 unspecified atom stereocenters.